The molecule has 4 rings (SSSR count). The summed E-state index contributed by atoms with van der Waals surface area (Å²) in [5.74, 6) is 1.81. The Kier molecular flexibility index (Phi) is 1.78. The fourth-order valence-corrected chi connectivity index (χ4v) is 4.73. The lowest BCUT2D eigenvalue weighted by Gasteiger charge is -2.36. The standard InChI is InChI=1S/C13H18O3/c1-6-9-10(13(14)15-6)12-8-5-3-2-4-7(8)11(9)16-12/h6-12H,2-5H2,1H3/t6-,7-,8+,9-,10+,11+,12-/m1/s1. The summed E-state index contributed by atoms with van der Waals surface area (Å²) in [6, 6.07) is 0. The number of carbonyl (C=O) groups is 1. The minimum absolute atomic E-state index is 0.00836. The van der Waals surface area contributed by atoms with Crippen molar-refractivity contribution in [3.63, 3.8) is 0 Å². The van der Waals surface area contributed by atoms with E-state index in [4.69, 9.17) is 9.47 Å². The van der Waals surface area contributed by atoms with E-state index >= 15 is 0 Å². The Labute approximate surface area is 95.5 Å². The summed E-state index contributed by atoms with van der Waals surface area (Å²) in [4.78, 5) is 11.8. The van der Waals surface area contributed by atoms with Gasteiger partial charge in [0, 0.05) is 5.92 Å². The van der Waals surface area contributed by atoms with Crippen LogP contribution in [0.15, 0.2) is 0 Å². The third-order valence-electron chi connectivity index (χ3n) is 5.30. The van der Waals surface area contributed by atoms with Crippen molar-refractivity contribution in [3.8, 4) is 0 Å². The van der Waals surface area contributed by atoms with E-state index in [2.05, 4.69) is 0 Å². The fourth-order valence-electron chi connectivity index (χ4n) is 4.73. The first-order chi connectivity index (χ1) is 7.77. The molecule has 0 aromatic rings. The van der Waals surface area contributed by atoms with Gasteiger partial charge in [-0.15, -0.1) is 0 Å². The molecule has 2 bridgehead atoms. The average Bonchev–Trinajstić information content (AvgIpc) is 2.91. The van der Waals surface area contributed by atoms with Crippen LogP contribution < -0.4 is 0 Å². The van der Waals surface area contributed by atoms with E-state index in [0.29, 0.717) is 17.9 Å². The van der Waals surface area contributed by atoms with E-state index in [-0.39, 0.29) is 24.1 Å². The summed E-state index contributed by atoms with van der Waals surface area (Å²) in [6.07, 6.45) is 5.81. The Bertz CT molecular complexity index is 340. The van der Waals surface area contributed by atoms with Crippen molar-refractivity contribution in [1.82, 2.24) is 0 Å². The molecule has 0 radical (unpaired) electrons. The first-order valence-corrected chi connectivity index (χ1v) is 6.63. The van der Waals surface area contributed by atoms with Crippen LogP contribution in [0.25, 0.3) is 0 Å². The largest absolute Gasteiger partial charge is 0.462 e. The van der Waals surface area contributed by atoms with Crippen LogP contribution in [0, 0.1) is 23.7 Å². The molecule has 16 heavy (non-hydrogen) atoms. The topological polar surface area (TPSA) is 35.5 Å². The Morgan fingerprint density at radius 3 is 2.56 bits per heavy atom. The first-order valence-electron chi connectivity index (χ1n) is 6.63. The maximum absolute atomic E-state index is 11.8. The SMILES string of the molecule is C[C@H]1OC(=O)[C@@H]2[C@@H]3O[C@@H]([C@@H]4CCCC[C@@H]43)[C@@H]21. The molecule has 0 spiro atoms. The second-order valence-corrected chi connectivity index (χ2v) is 5.92. The van der Waals surface area contributed by atoms with E-state index in [1.807, 2.05) is 6.92 Å². The van der Waals surface area contributed by atoms with Gasteiger partial charge in [-0.1, -0.05) is 12.8 Å². The summed E-state index contributed by atoms with van der Waals surface area (Å²) >= 11 is 0. The highest BCUT2D eigenvalue weighted by molar-refractivity contribution is 5.77. The summed E-state index contributed by atoms with van der Waals surface area (Å²) in [7, 11) is 0. The van der Waals surface area contributed by atoms with Crippen molar-refractivity contribution < 1.29 is 14.3 Å². The molecule has 0 N–H and O–H groups in total. The number of ether oxygens (including phenoxy) is 2. The number of carbonyl (C=O) groups excluding carboxylic acids is 1. The van der Waals surface area contributed by atoms with E-state index in [1.54, 1.807) is 0 Å². The summed E-state index contributed by atoms with van der Waals surface area (Å²) in [5.41, 5.74) is 0. The predicted molar refractivity (Wildman–Crippen MR) is 56.6 cm³/mol. The van der Waals surface area contributed by atoms with Crippen molar-refractivity contribution >= 4 is 5.97 Å². The zero-order chi connectivity index (χ0) is 10.9. The molecule has 3 nitrogen and oxygen atoms in total. The third kappa shape index (κ3) is 0.963. The molecule has 0 amide bonds. The van der Waals surface area contributed by atoms with Crippen LogP contribution in [-0.4, -0.2) is 24.3 Å². The van der Waals surface area contributed by atoms with Crippen molar-refractivity contribution in [2.45, 2.75) is 50.9 Å². The lowest BCUT2D eigenvalue weighted by Crippen LogP contribution is -2.42. The molecule has 88 valence electrons. The molecule has 7 atom stereocenters. The van der Waals surface area contributed by atoms with E-state index in [9.17, 15) is 4.79 Å². The Morgan fingerprint density at radius 1 is 1.12 bits per heavy atom. The summed E-state index contributed by atoms with van der Waals surface area (Å²) in [6.45, 7) is 2.03. The molecule has 1 aliphatic carbocycles. The smallest absolute Gasteiger partial charge is 0.312 e. The molecule has 0 unspecified atom stereocenters. The van der Waals surface area contributed by atoms with Gasteiger partial charge in [-0.3, -0.25) is 4.79 Å². The van der Waals surface area contributed by atoms with Crippen LogP contribution in [-0.2, 0) is 14.3 Å². The molecule has 3 aliphatic heterocycles. The normalized spacial score (nSPS) is 58.3. The van der Waals surface area contributed by atoms with Crippen molar-refractivity contribution in [2.75, 3.05) is 0 Å². The van der Waals surface area contributed by atoms with Gasteiger partial charge in [0.1, 0.15) is 6.10 Å². The highest BCUT2D eigenvalue weighted by Crippen LogP contribution is 2.58. The van der Waals surface area contributed by atoms with Crippen LogP contribution in [0.5, 0.6) is 0 Å². The van der Waals surface area contributed by atoms with Crippen LogP contribution >= 0.6 is 0 Å². The predicted octanol–water partition coefficient (Wildman–Crippen LogP) is 1.75. The number of esters is 1. The molecular weight excluding hydrogens is 204 g/mol. The van der Waals surface area contributed by atoms with Gasteiger partial charge in [-0.05, 0) is 31.6 Å². The third-order valence-corrected chi connectivity index (χ3v) is 5.30. The minimum atomic E-state index is 0.00836. The molecule has 4 aliphatic rings. The quantitative estimate of drug-likeness (QED) is 0.586. The van der Waals surface area contributed by atoms with Gasteiger partial charge in [-0.2, -0.15) is 0 Å². The molecule has 4 fully saturated rings. The zero-order valence-corrected chi connectivity index (χ0v) is 9.59. The van der Waals surface area contributed by atoms with Gasteiger partial charge in [0.05, 0.1) is 18.1 Å². The van der Waals surface area contributed by atoms with Gasteiger partial charge < -0.3 is 9.47 Å². The van der Waals surface area contributed by atoms with Crippen molar-refractivity contribution in [2.24, 2.45) is 23.7 Å². The fraction of sp³-hybridized carbons (Fsp3) is 0.923. The van der Waals surface area contributed by atoms with Gasteiger partial charge in [0.2, 0.25) is 0 Å². The van der Waals surface area contributed by atoms with Crippen LogP contribution in [0.4, 0.5) is 0 Å². The molecule has 3 heteroatoms. The number of hydrogen-bond acceptors (Lipinski definition) is 3. The van der Waals surface area contributed by atoms with E-state index in [0.717, 1.165) is 5.92 Å². The highest BCUT2D eigenvalue weighted by atomic mass is 16.6. The van der Waals surface area contributed by atoms with Gasteiger partial charge in [-0.25, -0.2) is 0 Å². The number of cyclic esters (lactones) is 1. The Hall–Kier alpha value is -0.570. The molecule has 1 saturated carbocycles. The van der Waals surface area contributed by atoms with Gasteiger partial charge in [0.15, 0.2) is 0 Å². The lowest BCUT2D eigenvalue weighted by molar-refractivity contribution is -0.147. The maximum Gasteiger partial charge on any atom is 0.312 e. The number of fused-ring (bicyclic) bond motifs is 8. The zero-order valence-electron chi connectivity index (χ0n) is 9.59. The molecule has 0 aromatic carbocycles. The van der Waals surface area contributed by atoms with E-state index in [1.165, 1.54) is 25.7 Å². The highest BCUT2D eigenvalue weighted by Gasteiger charge is 2.66. The Morgan fingerprint density at radius 2 is 1.81 bits per heavy atom. The summed E-state index contributed by atoms with van der Waals surface area (Å²) < 4.78 is 11.5. The van der Waals surface area contributed by atoms with Gasteiger partial charge >= 0.3 is 5.97 Å². The second-order valence-electron chi connectivity index (χ2n) is 5.92. The van der Waals surface area contributed by atoms with Gasteiger partial charge in [0.25, 0.3) is 0 Å². The molecular formula is C13H18O3. The van der Waals surface area contributed by atoms with Crippen molar-refractivity contribution in [1.29, 1.82) is 0 Å². The number of rotatable bonds is 0. The van der Waals surface area contributed by atoms with E-state index < -0.39 is 0 Å². The number of hydrogen-bond donors (Lipinski definition) is 0. The molecule has 3 heterocycles. The first kappa shape index (κ1) is 9.46. The maximum atomic E-state index is 11.8. The summed E-state index contributed by atoms with van der Waals surface area (Å²) in [5, 5.41) is 0. The molecule has 0 aromatic heterocycles. The van der Waals surface area contributed by atoms with Crippen LogP contribution in [0.1, 0.15) is 32.6 Å². The monoisotopic (exact) mass is 222 g/mol. The Balaban J connectivity index is 1.71. The second kappa shape index (κ2) is 3.00. The average molecular weight is 222 g/mol. The lowest BCUT2D eigenvalue weighted by atomic mass is 9.63. The van der Waals surface area contributed by atoms with Crippen LogP contribution in [0.3, 0.4) is 0 Å². The minimum Gasteiger partial charge on any atom is -0.462 e. The molecule has 3 saturated heterocycles. The van der Waals surface area contributed by atoms with Crippen LogP contribution in [0.2, 0.25) is 0 Å². The van der Waals surface area contributed by atoms with Crippen molar-refractivity contribution in [3.05, 3.63) is 0 Å².